The Morgan fingerprint density at radius 3 is 2.64 bits per heavy atom. The number of halogens is 3. The number of nitrogens with zero attached hydrogens (tertiary/aromatic N) is 3. The first-order chi connectivity index (χ1) is 11.8. The van der Waals surface area contributed by atoms with Gasteiger partial charge in [0.2, 0.25) is 5.91 Å². The first-order valence-electron chi connectivity index (χ1n) is 7.07. The largest absolute Gasteiger partial charge is 0.573 e. The van der Waals surface area contributed by atoms with Crippen molar-refractivity contribution >= 4 is 23.4 Å². The van der Waals surface area contributed by atoms with E-state index in [0.29, 0.717) is 23.2 Å². The normalized spacial score (nSPS) is 11.2. The molecule has 2 rings (SSSR count). The summed E-state index contributed by atoms with van der Waals surface area (Å²) in [5, 5.41) is 11.1. The molecule has 0 spiro atoms. The number of allylic oxidation sites excluding steroid dienone is 1. The van der Waals surface area contributed by atoms with Crippen LogP contribution in [-0.4, -0.2) is 32.8 Å². The number of thioether (sulfide) groups is 1. The van der Waals surface area contributed by atoms with Crippen LogP contribution in [0.5, 0.6) is 5.75 Å². The Morgan fingerprint density at radius 2 is 2.04 bits per heavy atom. The summed E-state index contributed by atoms with van der Waals surface area (Å²) >= 11 is 1.20. The number of nitrogens with one attached hydrogen (secondary N) is 1. The summed E-state index contributed by atoms with van der Waals surface area (Å²) in [5.74, 6) is 0.118. The molecule has 134 valence electrons. The number of anilines is 1. The number of aromatic nitrogens is 3. The molecule has 6 nitrogen and oxygen atoms in total. The molecule has 0 fully saturated rings. The third kappa shape index (κ3) is 5.82. The molecule has 0 atom stereocenters. The van der Waals surface area contributed by atoms with Crippen molar-refractivity contribution in [2.24, 2.45) is 0 Å². The zero-order valence-corrected chi connectivity index (χ0v) is 14.0. The zero-order valence-electron chi connectivity index (χ0n) is 13.2. The Kier molecular flexibility index (Phi) is 6.07. The topological polar surface area (TPSA) is 69.0 Å². The van der Waals surface area contributed by atoms with Crippen molar-refractivity contribution < 1.29 is 22.7 Å². The van der Waals surface area contributed by atoms with Crippen LogP contribution in [-0.2, 0) is 11.3 Å². The molecule has 2 aromatic rings. The average molecular weight is 372 g/mol. The first-order valence-corrected chi connectivity index (χ1v) is 8.06. The number of rotatable bonds is 7. The van der Waals surface area contributed by atoms with E-state index in [-0.39, 0.29) is 17.4 Å². The molecular formula is C15H15F3N4O2S. The first kappa shape index (κ1) is 18.8. The molecule has 0 aliphatic carbocycles. The number of aryl methyl sites for hydroxylation is 1. The van der Waals surface area contributed by atoms with Crippen molar-refractivity contribution in [1.82, 2.24) is 14.8 Å². The van der Waals surface area contributed by atoms with Gasteiger partial charge in [0, 0.05) is 12.2 Å². The van der Waals surface area contributed by atoms with E-state index in [1.54, 1.807) is 13.0 Å². The van der Waals surface area contributed by atoms with Gasteiger partial charge in [-0.25, -0.2) is 0 Å². The lowest BCUT2D eigenvalue weighted by molar-refractivity contribution is -0.274. The monoisotopic (exact) mass is 372 g/mol. The molecule has 1 aromatic heterocycles. The number of hydrogen-bond acceptors (Lipinski definition) is 5. The van der Waals surface area contributed by atoms with Gasteiger partial charge in [-0.05, 0) is 31.2 Å². The van der Waals surface area contributed by atoms with Crippen molar-refractivity contribution in [1.29, 1.82) is 0 Å². The van der Waals surface area contributed by atoms with Gasteiger partial charge in [0.25, 0.3) is 0 Å². The molecule has 0 aliphatic heterocycles. The van der Waals surface area contributed by atoms with E-state index in [1.807, 2.05) is 4.57 Å². The molecule has 25 heavy (non-hydrogen) atoms. The molecule has 0 aliphatic rings. The van der Waals surface area contributed by atoms with Crippen molar-refractivity contribution in [2.45, 2.75) is 25.0 Å². The fourth-order valence-electron chi connectivity index (χ4n) is 1.87. The highest BCUT2D eigenvalue weighted by atomic mass is 32.2. The maximum atomic E-state index is 12.1. The van der Waals surface area contributed by atoms with Gasteiger partial charge in [0.1, 0.15) is 11.6 Å². The standard InChI is InChI=1S/C15H15F3N4O2S/c1-3-8-22-10(2)20-21-14(22)25-9-13(23)19-11-4-6-12(7-5-11)24-15(16,17)18/h3-7H,1,8-9H2,2H3,(H,19,23). The van der Waals surface area contributed by atoms with E-state index in [2.05, 4.69) is 26.8 Å². The number of amides is 1. The lowest BCUT2D eigenvalue weighted by Crippen LogP contribution is -2.17. The number of hydrogen-bond donors (Lipinski definition) is 1. The zero-order chi connectivity index (χ0) is 18.4. The molecule has 0 saturated heterocycles. The average Bonchev–Trinajstić information content (AvgIpc) is 2.87. The smallest absolute Gasteiger partial charge is 0.406 e. The summed E-state index contributed by atoms with van der Waals surface area (Å²) in [6, 6.07) is 4.91. The van der Waals surface area contributed by atoms with Gasteiger partial charge in [-0.1, -0.05) is 17.8 Å². The summed E-state index contributed by atoms with van der Waals surface area (Å²) in [6.45, 7) is 5.98. The second-order valence-corrected chi connectivity index (χ2v) is 5.78. The number of alkyl halides is 3. The second-order valence-electron chi connectivity index (χ2n) is 4.84. The SMILES string of the molecule is C=CCn1c(C)nnc1SCC(=O)Nc1ccc(OC(F)(F)F)cc1. The summed E-state index contributed by atoms with van der Waals surface area (Å²) in [4.78, 5) is 12.0. The molecule has 0 bridgehead atoms. The maximum absolute atomic E-state index is 12.1. The Balaban J connectivity index is 1.89. The third-order valence-electron chi connectivity index (χ3n) is 2.92. The van der Waals surface area contributed by atoms with Gasteiger partial charge in [-0.15, -0.1) is 29.9 Å². The van der Waals surface area contributed by atoms with E-state index in [0.717, 1.165) is 12.1 Å². The minimum Gasteiger partial charge on any atom is -0.406 e. The Hall–Kier alpha value is -2.49. The minimum absolute atomic E-state index is 0.0794. The molecule has 0 unspecified atom stereocenters. The number of benzene rings is 1. The lowest BCUT2D eigenvalue weighted by atomic mass is 10.3. The van der Waals surface area contributed by atoms with Gasteiger partial charge in [-0.3, -0.25) is 4.79 Å². The molecule has 0 saturated carbocycles. The predicted molar refractivity (Wildman–Crippen MR) is 87.4 cm³/mol. The van der Waals surface area contributed by atoms with Crippen LogP contribution in [0.1, 0.15) is 5.82 Å². The van der Waals surface area contributed by atoms with Crippen molar-refractivity contribution in [2.75, 3.05) is 11.1 Å². The van der Waals surface area contributed by atoms with Crippen molar-refractivity contribution in [3.8, 4) is 5.75 Å². The summed E-state index contributed by atoms with van der Waals surface area (Å²) in [6.07, 6.45) is -3.05. The molecule has 1 aromatic carbocycles. The van der Waals surface area contributed by atoms with E-state index in [9.17, 15) is 18.0 Å². The maximum Gasteiger partial charge on any atom is 0.573 e. The molecule has 0 radical (unpaired) electrons. The minimum atomic E-state index is -4.75. The highest BCUT2D eigenvalue weighted by Crippen LogP contribution is 2.24. The Labute approximate surface area is 146 Å². The Morgan fingerprint density at radius 1 is 1.36 bits per heavy atom. The van der Waals surface area contributed by atoms with Gasteiger partial charge in [-0.2, -0.15) is 0 Å². The molecule has 1 N–H and O–H groups in total. The fourth-order valence-corrected chi connectivity index (χ4v) is 2.67. The van der Waals surface area contributed by atoms with Crippen LogP contribution >= 0.6 is 11.8 Å². The fraction of sp³-hybridized carbons (Fsp3) is 0.267. The van der Waals surface area contributed by atoms with Crippen LogP contribution in [0.15, 0.2) is 42.1 Å². The second kappa shape index (κ2) is 8.06. The third-order valence-corrected chi connectivity index (χ3v) is 3.88. The van der Waals surface area contributed by atoms with E-state index < -0.39 is 6.36 Å². The van der Waals surface area contributed by atoms with Gasteiger partial charge in [0.15, 0.2) is 5.16 Å². The number of carbonyl (C=O) groups is 1. The van der Waals surface area contributed by atoms with Crippen LogP contribution in [0.3, 0.4) is 0 Å². The summed E-state index contributed by atoms with van der Waals surface area (Å²) in [7, 11) is 0. The van der Waals surface area contributed by atoms with Gasteiger partial charge >= 0.3 is 6.36 Å². The summed E-state index contributed by atoms with van der Waals surface area (Å²) in [5.41, 5.74) is 0.365. The van der Waals surface area contributed by atoms with E-state index >= 15 is 0 Å². The molecule has 1 amide bonds. The van der Waals surface area contributed by atoms with Crippen molar-refractivity contribution in [3.63, 3.8) is 0 Å². The van der Waals surface area contributed by atoms with Crippen molar-refractivity contribution in [3.05, 3.63) is 42.7 Å². The van der Waals surface area contributed by atoms with Gasteiger partial charge in [0.05, 0.1) is 5.75 Å². The van der Waals surface area contributed by atoms with Crippen LogP contribution in [0, 0.1) is 6.92 Å². The summed E-state index contributed by atoms with van der Waals surface area (Å²) < 4.78 is 41.8. The van der Waals surface area contributed by atoms with Crippen LogP contribution < -0.4 is 10.1 Å². The quantitative estimate of drug-likeness (QED) is 0.596. The highest BCUT2D eigenvalue weighted by Gasteiger charge is 2.30. The molecular weight excluding hydrogens is 357 g/mol. The van der Waals surface area contributed by atoms with Crippen LogP contribution in [0.25, 0.3) is 0 Å². The lowest BCUT2D eigenvalue weighted by Gasteiger charge is -2.10. The molecule has 10 heteroatoms. The van der Waals surface area contributed by atoms with E-state index in [1.165, 1.54) is 23.9 Å². The Bertz CT molecular complexity index is 744. The van der Waals surface area contributed by atoms with Crippen LogP contribution in [0.2, 0.25) is 0 Å². The van der Waals surface area contributed by atoms with Crippen LogP contribution in [0.4, 0.5) is 18.9 Å². The number of ether oxygens (including phenoxy) is 1. The highest BCUT2D eigenvalue weighted by molar-refractivity contribution is 7.99. The van der Waals surface area contributed by atoms with Gasteiger partial charge < -0.3 is 14.6 Å². The molecule has 1 heterocycles. The predicted octanol–water partition coefficient (Wildman–Crippen LogP) is 3.40. The van der Waals surface area contributed by atoms with E-state index in [4.69, 9.17) is 0 Å². The number of carbonyl (C=O) groups excluding carboxylic acids is 1.